The highest BCUT2D eigenvalue weighted by atomic mass is 31.2. The van der Waals surface area contributed by atoms with E-state index < -0.39 is 97.5 Å². The molecule has 0 aliphatic rings. The summed E-state index contributed by atoms with van der Waals surface area (Å²) in [7, 11) is -9.91. The quantitative estimate of drug-likeness (QED) is 0.0222. The highest BCUT2D eigenvalue weighted by molar-refractivity contribution is 7.47. The Balaban J connectivity index is 5.16. The van der Waals surface area contributed by atoms with Crippen molar-refractivity contribution in [1.82, 2.24) is 0 Å². The second kappa shape index (κ2) is 65.4. The summed E-state index contributed by atoms with van der Waals surface area (Å²) in [6.45, 7) is 14.1. The average Bonchev–Trinajstić information content (AvgIpc) is 1.96. The maximum absolute atomic E-state index is 13.0. The minimum atomic E-state index is -4.96. The lowest BCUT2D eigenvalue weighted by Gasteiger charge is -2.21. The molecule has 6 atom stereocenters. The first-order valence-electron chi connectivity index (χ1n) is 39.2. The number of hydrogen-bond acceptors (Lipinski definition) is 15. The largest absolute Gasteiger partial charge is 0.472 e. The van der Waals surface area contributed by atoms with Crippen molar-refractivity contribution in [3.05, 3.63) is 0 Å². The minimum absolute atomic E-state index is 0.103. The lowest BCUT2D eigenvalue weighted by Crippen LogP contribution is -2.30. The fourth-order valence-electron chi connectivity index (χ4n) is 11.5. The van der Waals surface area contributed by atoms with E-state index in [1.807, 2.05) is 0 Å². The van der Waals surface area contributed by atoms with Crippen molar-refractivity contribution in [2.45, 2.75) is 401 Å². The van der Waals surface area contributed by atoms with Gasteiger partial charge in [-0.2, -0.15) is 0 Å². The highest BCUT2D eigenvalue weighted by Gasteiger charge is 2.30. The van der Waals surface area contributed by atoms with Crippen molar-refractivity contribution >= 4 is 39.5 Å². The second-order valence-corrected chi connectivity index (χ2v) is 32.0. The van der Waals surface area contributed by atoms with E-state index >= 15 is 0 Å². The Morgan fingerprint density at radius 2 is 0.505 bits per heavy atom. The van der Waals surface area contributed by atoms with Crippen LogP contribution in [0.4, 0.5) is 0 Å². The molecule has 0 fully saturated rings. The van der Waals surface area contributed by atoms with Crippen molar-refractivity contribution < 1.29 is 80.2 Å². The van der Waals surface area contributed by atoms with Crippen LogP contribution in [0.1, 0.15) is 383 Å². The van der Waals surface area contributed by atoms with Gasteiger partial charge in [0.15, 0.2) is 12.2 Å². The normalized spacial score (nSPS) is 14.4. The third-order valence-electron chi connectivity index (χ3n) is 17.9. The molecule has 0 aromatic carbocycles. The van der Waals surface area contributed by atoms with Crippen molar-refractivity contribution in [3.63, 3.8) is 0 Å². The molecule has 3 N–H and O–H groups in total. The molecule has 95 heavy (non-hydrogen) atoms. The summed E-state index contributed by atoms with van der Waals surface area (Å²) in [6.07, 6.45) is 50.2. The molecule has 0 rings (SSSR count). The standard InChI is InChI=1S/C76H148O17P2/c1-9-69(8)55-47-39-30-24-20-16-13-14-17-21-25-31-40-48-56-73(78)86-62-71(93-76(81)59-51-43-33-27-29-37-45-53-67(4)5)64-90-94(82,83)88-60-70(77)61-89-95(84,85)91-65-72(63-87-74(79)57-49-41-35-34-38-46-54-68(6)7)92-75(80)58-50-42-32-26-22-18-12-10-11-15-19-23-28-36-44-52-66(2)3/h66-72,77H,9-65H2,1-8H3,(H,82,83)(H,84,85)/t69?,70?,71-,72-/m1/s1. The molecule has 0 aromatic heterocycles. The van der Waals surface area contributed by atoms with Crippen molar-refractivity contribution in [3.8, 4) is 0 Å². The molecule has 0 heterocycles. The number of phosphoric acid groups is 2. The Labute approximate surface area is 581 Å². The van der Waals surface area contributed by atoms with Crippen molar-refractivity contribution in [1.29, 1.82) is 0 Å². The molecule has 0 aromatic rings. The molecule has 0 saturated heterocycles. The molecule has 0 aliphatic heterocycles. The van der Waals surface area contributed by atoms with Gasteiger partial charge in [-0.15, -0.1) is 0 Å². The van der Waals surface area contributed by atoms with Crippen LogP contribution in [-0.2, 0) is 65.4 Å². The fraction of sp³-hybridized carbons (Fsp3) is 0.947. The van der Waals surface area contributed by atoms with Crippen LogP contribution in [0.3, 0.4) is 0 Å². The fourth-order valence-corrected chi connectivity index (χ4v) is 13.1. The second-order valence-electron chi connectivity index (χ2n) is 29.1. The number of carbonyl (C=O) groups excluding carboxylic acids is 4. The third-order valence-corrected chi connectivity index (χ3v) is 19.8. The van der Waals surface area contributed by atoms with Gasteiger partial charge in [0, 0.05) is 25.7 Å². The summed E-state index contributed by atoms with van der Waals surface area (Å²) in [5.74, 6) is 0.902. The number of carbonyl (C=O) groups is 4. The molecule has 0 spiro atoms. The van der Waals surface area contributed by atoms with Gasteiger partial charge in [0.2, 0.25) is 0 Å². The summed E-state index contributed by atoms with van der Waals surface area (Å²) in [4.78, 5) is 72.7. The predicted octanol–water partition coefficient (Wildman–Crippen LogP) is 22.0. The Kier molecular flexibility index (Phi) is 64.0. The number of ether oxygens (including phenoxy) is 4. The summed E-state index contributed by atoms with van der Waals surface area (Å²) in [5, 5.41) is 10.6. The van der Waals surface area contributed by atoms with Gasteiger partial charge in [-0.1, -0.05) is 331 Å². The number of unbranched alkanes of at least 4 members (excludes halogenated alkanes) is 38. The summed E-state index contributed by atoms with van der Waals surface area (Å²) >= 11 is 0. The number of aliphatic hydroxyl groups is 1. The number of rotatable bonds is 73. The van der Waals surface area contributed by atoms with E-state index in [1.54, 1.807) is 0 Å². The Morgan fingerprint density at radius 1 is 0.295 bits per heavy atom. The first-order valence-corrected chi connectivity index (χ1v) is 42.2. The van der Waals surface area contributed by atoms with E-state index in [-0.39, 0.29) is 25.7 Å². The molecule has 17 nitrogen and oxygen atoms in total. The zero-order valence-electron chi connectivity index (χ0n) is 62.3. The first-order chi connectivity index (χ1) is 45.6. The first kappa shape index (κ1) is 93.1. The van der Waals surface area contributed by atoms with Crippen LogP contribution >= 0.6 is 15.6 Å². The molecule has 0 saturated carbocycles. The minimum Gasteiger partial charge on any atom is -0.462 e. The molecule has 0 aliphatic carbocycles. The molecule has 4 unspecified atom stereocenters. The third kappa shape index (κ3) is 69.0. The zero-order valence-corrected chi connectivity index (χ0v) is 64.1. The zero-order chi connectivity index (χ0) is 70.3. The number of phosphoric ester groups is 2. The smallest absolute Gasteiger partial charge is 0.462 e. The summed E-state index contributed by atoms with van der Waals surface area (Å²) in [5.41, 5.74) is 0. The Morgan fingerprint density at radius 3 is 0.747 bits per heavy atom. The van der Waals surface area contributed by atoms with Gasteiger partial charge in [0.25, 0.3) is 0 Å². The van der Waals surface area contributed by atoms with Crippen molar-refractivity contribution in [2.24, 2.45) is 23.7 Å². The van der Waals surface area contributed by atoms with E-state index in [0.717, 1.165) is 108 Å². The van der Waals surface area contributed by atoms with Gasteiger partial charge in [0.05, 0.1) is 26.4 Å². The number of aliphatic hydroxyl groups excluding tert-OH is 1. The van der Waals surface area contributed by atoms with Gasteiger partial charge < -0.3 is 33.8 Å². The number of esters is 4. The lowest BCUT2D eigenvalue weighted by atomic mass is 9.99. The van der Waals surface area contributed by atoms with Gasteiger partial charge in [-0.25, -0.2) is 9.13 Å². The maximum Gasteiger partial charge on any atom is 0.472 e. The van der Waals surface area contributed by atoms with E-state index in [2.05, 4.69) is 55.4 Å². The highest BCUT2D eigenvalue weighted by Crippen LogP contribution is 2.45. The van der Waals surface area contributed by atoms with Gasteiger partial charge in [0.1, 0.15) is 19.3 Å². The topological polar surface area (TPSA) is 237 Å². The van der Waals surface area contributed by atoms with Crippen LogP contribution in [0.2, 0.25) is 0 Å². The maximum atomic E-state index is 13.0. The SMILES string of the molecule is CCC(C)CCCCCCCCCCCCCCCCC(=O)OC[C@H](COP(=O)(O)OCC(O)COP(=O)(O)OC[C@@H](COC(=O)CCCCCCCCC(C)C)OC(=O)CCCCCCCCCCCCCCCCCC(C)C)OC(=O)CCCCCCCCCC(C)C. The summed E-state index contributed by atoms with van der Waals surface area (Å²) in [6, 6.07) is 0. The Bertz CT molecular complexity index is 1870. The van der Waals surface area contributed by atoms with Crippen molar-refractivity contribution in [2.75, 3.05) is 39.6 Å². The van der Waals surface area contributed by atoms with Gasteiger partial charge >= 0.3 is 39.5 Å². The molecule has 0 radical (unpaired) electrons. The molecule has 19 heteroatoms. The molecule has 0 bridgehead atoms. The van der Waals surface area contributed by atoms with Crippen LogP contribution in [0.25, 0.3) is 0 Å². The van der Waals surface area contributed by atoms with Crippen LogP contribution in [0.5, 0.6) is 0 Å². The molecule has 564 valence electrons. The molecular formula is C76H148O17P2. The monoisotopic (exact) mass is 1400 g/mol. The van der Waals surface area contributed by atoms with Gasteiger partial charge in [-0.3, -0.25) is 37.3 Å². The van der Waals surface area contributed by atoms with Crippen LogP contribution < -0.4 is 0 Å². The van der Waals surface area contributed by atoms with Crippen LogP contribution in [0.15, 0.2) is 0 Å². The van der Waals surface area contributed by atoms with Crippen LogP contribution in [0, 0.1) is 23.7 Å². The summed E-state index contributed by atoms with van der Waals surface area (Å²) < 4.78 is 68.4. The van der Waals surface area contributed by atoms with E-state index in [1.165, 1.54) is 180 Å². The van der Waals surface area contributed by atoms with E-state index in [0.29, 0.717) is 37.5 Å². The molecular weight excluding hydrogens is 1250 g/mol. The average molecular weight is 1400 g/mol. The van der Waals surface area contributed by atoms with E-state index in [9.17, 15) is 43.2 Å². The number of hydrogen-bond donors (Lipinski definition) is 3. The Hall–Kier alpha value is -1.94. The lowest BCUT2D eigenvalue weighted by molar-refractivity contribution is -0.161. The molecule has 0 amide bonds. The van der Waals surface area contributed by atoms with Crippen LogP contribution in [-0.4, -0.2) is 96.7 Å². The predicted molar refractivity (Wildman–Crippen MR) is 386 cm³/mol. The van der Waals surface area contributed by atoms with Gasteiger partial charge in [-0.05, 0) is 49.4 Å². The van der Waals surface area contributed by atoms with E-state index in [4.69, 9.17) is 37.0 Å².